The lowest BCUT2D eigenvalue weighted by Gasteiger charge is -2.37. The molecule has 1 fully saturated rings. The first-order valence-electron chi connectivity index (χ1n) is 14.5. The first kappa shape index (κ1) is 27.7. The Morgan fingerprint density at radius 1 is 0.921 bits per heavy atom. The summed E-state index contributed by atoms with van der Waals surface area (Å²) < 4.78 is 0. The molecule has 0 aromatic heterocycles. The van der Waals surface area contributed by atoms with Crippen LogP contribution >= 0.6 is 0 Å². The van der Waals surface area contributed by atoms with Crippen molar-refractivity contribution in [2.75, 3.05) is 6.54 Å². The van der Waals surface area contributed by atoms with Gasteiger partial charge in [-0.05, 0) is 97.9 Å². The third-order valence-electron chi connectivity index (χ3n) is 7.87. The molecule has 0 heterocycles. The van der Waals surface area contributed by atoms with Crippen LogP contribution in [0.15, 0.2) is 78.3 Å². The van der Waals surface area contributed by atoms with Crippen LogP contribution in [0.5, 0.6) is 0 Å². The van der Waals surface area contributed by atoms with E-state index >= 15 is 0 Å². The van der Waals surface area contributed by atoms with Crippen LogP contribution in [0.2, 0.25) is 0 Å². The van der Waals surface area contributed by atoms with Gasteiger partial charge in [0, 0.05) is 18.3 Å². The van der Waals surface area contributed by atoms with Crippen molar-refractivity contribution in [2.24, 2.45) is 10.7 Å². The molecule has 200 valence electrons. The second kappa shape index (κ2) is 13.5. The SMILES string of the molecule is C=C(c1cccc(CCc2cc(Cc3ccccc3C)ccc2N=C(C)N)c1)N(CCC)C1CCCCC1. The molecule has 0 spiro atoms. The number of aryl methyl sites for hydroxylation is 3. The molecule has 3 aromatic carbocycles. The Hall–Kier alpha value is -3.33. The van der Waals surface area contributed by atoms with Gasteiger partial charge in [0.1, 0.15) is 0 Å². The predicted molar refractivity (Wildman–Crippen MR) is 164 cm³/mol. The summed E-state index contributed by atoms with van der Waals surface area (Å²) in [4.78, 5) is 7.24. The van der Waals surface area contributed by atoms with Gasteiger partial charge in [0.15, 0.2) is 0 Å². The number of rotatable bonds is 11. The Kier molecular flexibility index (Phi) is 9.81. The molecule has 0 saturated heterocycles. The summed E-state index contributed by atoms with van der Waals surface area (Å²) in [5, 5.41) is 0. The largest absolute Gasteiger partial charge is 0.387 e. The molecular formula is C35H45N3. The molecule has 0 amide bonds. The minimum Gasteiger partial charge on any atom is -0.387 e. The standard InChI is InChI=1S/C35H45N3/c1-5-22-38(34-16-7-6-8-17-34)27(3)32-15-11-13-29(23-32)18-20-33-25-30(19-21-35(33)37-28(4)36)24-31-14-10-9-12-26(31)2/h9-15,19,21,23,25,34H,3,5-8,16-18,20,22,24H2,1-2,4H3,(H2,36,37). The molecule has 0 aliphatic heterocycles. The second-order valence-electron chi connectivity index (χ2n) is 11.0. The average molecular weight is 508 g/mol. The zero-order valence-electron chi connectivity index (χ0n) is 23.7. The van der Waals surface area contributed by atoms with Crippen molar-refractivity contribution in [2.45, 2.75) is 84.6 Å². The quantitative estimate of drug-likeness (QED) is 0.209. The van der Waals surface area contributed by atoms with Gasteiger partial charge in [-0.15, -0.1) is 0 Å². The molecule has 0 radical (unpaired) electrons. The first-order chi connectivity index (χ1) is 18.4. The van der Waals surface area contributed by atoms with Gasteiger partial charge >= 0.3 is 0 Å². The normalized spacial score (nSPS) is 14.4. The number of amidine groups is 1. The van der Waals surface area contributed by atoms with Gasteiger partial charge in [-0.1, -0.05) is 87.4 Å². The van der Waals surface area contributed by atoms with Crippen LogP contribution in [-0.4, -0.2) is 23.3 Å². The molecule has 4 rings (SSSR count). The molecule has 1 aliphatic rings. The van der Waals surface area contributed by atoms with E-state index in [1.807, 2.05) is 6.92 Å². The lowest BCUT2D eigenvalue weighted by molar-refractivity contribution is 0.231. The fraction of sp³-hybridized carbons (Fsp3) is 0.400. The molecule has 3 heteroatoms. The van der Waals surface area contributed by atoms with Gasteiger partial charge in [-0.2, -0.15) is 0 Å². The number of hydrogen-bond acceptors (Lipinski definition) is 2. The number of nitrogens with zero attached hydrogens (tertiary/aromatic N) is 2. The van der Waals surface area contributed by atoms with Gasteiger partial charge in [-0.25, -0.2) is 4.99 Å². The average Bonchev–Trinajstić information content (AvgIpc) is 2.93. The highest BCUT2D eigenvalue weighted by atomic mass is 15.2. The molecule has 0 unspecified atom stereocenters. The van der Waals surface area contributed by atoms with Crippen molar-refractivity contribution < 1.29 is 0 Å². The topological polar surface area (TPSA) is 41.6 Å². The number of aliphatic imine (C=N–C) groups is 1. The van der Waals surface area contributed by atoms with Crippen molar-refractivity contribution in [3.63, 3.8) is 0 Å². The van der Waals surface area contributed by atoms with Crippen LogP contribution in [0, 0.1) is 6.92 Å². The van der Waals surface area contributed by atoms with Gasteiger partial charge in [0.25, 0.3) is 0 Å². The zero-order chi connectivity index (χ0) is 26.9. The summed E-state index contributed by atoms with van der Waals surface area (Å²) in [7, 11) is 0. The summed E-state index contributed by atoms with van der Waals surface area (Å²) in [6.45, 7) is 12.0. The first-order valence-corrected chi connectivity index (χ1v) is 14.5. The highest BCUT2D eigenvalue weighted by molar-refractivity contribution is 5.81. The molecule has 3 aromatic rings. The molecular weight excluding hydrogens is 462 g/mol. The van der Waals surface area contributed by atoms with E-state index < -0.39 is 0 Å². The summed E-state index contributed by atoms with van der Waals surface area (Å²) in [6, 6.07) is 24.9. The fourth-order valence-electron chi connectivity index (χ4n) is 5.80. The monoisotopic (exact) mass is 507 g/mol. The van der Waals surface area contributed by atoms with Crippen LogP contribution in [0.4, 0.5) is 5.69 Å². The molecule has 3 nitrogen and oxygen atoms in total. The molecule has 0 bridgehead atoms. The van der Waals surface area contributed by atoms with Crippen LogP contribution < -0.4 is 5.73 Å². The van der Waals surface area contributed by atoms with Crippen LogP contribution in [-0.2, 0) is 19.3 Å². The third-order valence-corrected chi connectivity index (χ3v) is 7.87. The Morgan fingerprint density at radius 2 is 1.71 bits per heavy atom. The van der Waals surface area contributed by atoms with Crippen molar-refractivity contribution in [1.82, 2.24) is 4.90 Å². The fourth-order valence-corrected chi connectivity index (χ4v) is 5.80. The van der Waals surface area contributed by atoms with E-state index in [0.29, 0.717) is 11.9 Å². The highest BCUT2D eigenvalue weighted by Crippen LogP contribution is 2.30. The predicted octanol–water partition coefficient (Wildman–Crippen LogP) is 8.40. The van der Waals surface area contributed by atoms with Crippen LogP contribution in [0.3, 0.4) is 0 Å². The lowest BCUT2D eigenvalue weighted by Crippen LogP contribution is -2.35. The second-order valence-corrected chi connectivity index (χ2v) is 11.0. The smallest absolute Gasteiger partial charge is 0.0965 e. The van der Waals surface area contributed by atoms with Crippen LogP contribution in [0.1, 0.15) is 85.8 Å². The van der Waals surface area contributed by atoms with E-state index in [-0.39, 0.29) is 0 Å². The number of nitrogens with two attached hydrogens (primary N) is 1. The lowest BCUT2D eigenvalue weighted by atomic mass is 9.92. The van der Waals surface area contributed by atoms with Crippen molar-refractivity contribution in [3.05, 3.63) is 107 Å². The van der Waals surface area contributed by atoms with Crippen molar-refractivity contribution in [1.29, 1.82) is 0 Å². The maximum Gasteiger partial charge on any atom is 0.0965 e. The van der Waals surface area contributed by atoms with E-state index in [9.17, 15) is 0 Å². The zero-order valence-corrected chi connectivity index (χ0v) is 23.7. The van der Waals surface area contributed by atoms with Crippen LogP contribution in [0.25, 0.3) is 5.70 Å². The summed E-state index contributed by atoms with van der Waals surface area (Å²) in [5.41, 5.74) is 16.0. The molecule has 1 aliphatic carbocycles. The Labute approximate surface area is 230 Å². The summed E-state index contributed by atoms with van der Waals surface area (Å²) in [5.74, 6) is 0.593. The van der Waals surface area contributed by atoms with E-state index in [1.54, 1.807) is 0 Å². The summed E-state index contributed by atoms with van der Waals surface area (Å²) in [6.07, 6.45) is 10.6. The van der Waals surface area contributed by atoms with E-state index in [2.05, 4.69) is 97.0 Å². The van der Waals surface area contributed by atoms with Crippen molar-refractivity contribution >= 4 is 17.2 Å². The van der Waals surface area contributed by atoms with Gasteiger partial charge < -0.3 is 10.6 Å². The molecule has 38 heavy (non-hydrogen) atoms. The van der Waals surface area contributed by atoms with Gasteiger partial charge in [0.2, 0.25) is 0 Å². The third kappa shape index (κ3) is 7.37. The van der Waals surface area contributed by atoms with Gasteiger partial charge in [0.05, 0.1) is 11.5 Å². The maximum atomic E-state index is 5.99. The van der Waals surface area contributed by atoms with Crippen molar-refractivity contribution in [3.8, 4) is 0 Å². The maximum absolute atomic E-state index is 5.99. The molecule has 2 N–H and O–H groups in total. The Bertz CT molecular complexity index is 1250. The minimum atomic E-state index is 0.593. The Morgan fingerprint density at radius 3 is 2.45 bits per heavy atom. The summed E-state index contributed by atoms with van der Waals surface area (Å²) >= 11 is 0. The number of hydrogen-bond donors (Lipinski definition) is 1. The van der Waals surface area contributed by atoms with Gasteiger partial charge in [-0.3, -0.25) is 0 Å². The number of benzene rings is 3. The minimum absolute atomic E-state index is 0.593. The highest BCUT2D eigenvalue weighted by Gasteiger charge is 2.22. The van der Waals surface area contributed by atoms with E-state index in [1.165, 1.54) is 71.2 Å². The van der Waals surface area contributed by atoms with E-state index in [0.717, 1.165) is 37.9 Å². The van der Waals surface area contributed by atoms with E-state index in [4.69, 9.17) is 5.73 Å². The Balaban J connectivity index is 1.52. The molecule has 1 saturated carbocycles. The molecule has 0 atom stereocenters.